The van der Waals surface area contributed by atoms with Gasteiger partial charge in [0.25, 0.3) is 0 Å². The summed E-state index contributed by atoms with van der Waals surface area (Å²) >= 11 is 12.0. The molecule has 1 aliphatic rings. The van der Waals surface area contributed by atoms with Crippen LogP contribution < -0.4 is 14.8 Å². The molecule has 4 rings (SSSR count). The molecule has 3 aromatic carbocycles. The Balaban J connectivity index is 1.55. The van der Waals surface area contributed by atoms with E-state index in [0.717, 1.165) is 28.3 Å². The minimum absolute atomic E-state index is 0.265. The molecular formula is C23H21ClN2O2S. The largest absolute Gasteiger partial charge is 0.454 e. The van der Waals surface area contributed by atoms with Crippen molar-refractivity contribution in [2.24, 2.45) is 0 Å². The van der Waals surface area contributed by atoms with Gasteiger partial charge in [0.1, 0.15) is 0 Å². The van der Waals surface area contributed by atoms with Crippen molar-refractivity contribution in [1.29, 1.82) is 0 Å². The topological polar surface area (TPSA) is 33.7 Å². The average Bonchev–Trinajstić information content (AvgIpc) is 3.19. The number of thiocarbonyl (C=S) groups is 1. The van der Waals surface area contributed by atoms with Gasteiger partial charge in [-0.3, -0.25) is 0 Å². The smallest absolute Gasteiger partial charge is 0.231 e. The number of nitrogens with one attached hydrogen (secondary N) is 1. The molecule has 29 heavy (non-hydrogen) atoms. The van der Waals surface area contributed by atoms with Gasteiger partial charge in [-0.05, 0) is 60.1 Å². The summed E-state index contributed by atoms with van der Waals surface area (Å²) in [5, 5.41) is 4.66. The summed E-state index contributed by atoms with van der Waals surface area (Å²) in [5.41, 5.74) is 4.18. The van der Waals surface area contributed by atoms with Gasteiger partial charge in [0.05, 0.1) is 0 Å². The van der Waals surface area contributed by atoms with Gasteiger partial charge in [0.15, 0.2) is 16.6 Å². The number of hydrogen-bond donors (Lipinski definition) is 1. The summed E-state index contributed by atoms with van der Waals surface area (Å²) < 4.78 is 10.9. The number of ether oxygens (including phenoxy) is 2. The quantitative estimate of drug-likeness (QED) is 0.525. The van der Waals surface area contributed by atoms with Crippen molar-refractivity contribution in [2.45, 2.75) is 20.0 Å². The number of anilines is 1. The van der Waals surface area contributed by atoms with Crippen molar-refractivity contribution in [3.8, 4) is 11.5 Å². The Labute approximate surface area is 181 Å². The van der Waals surface area contributed by atoms with E-state index in [1.165, 1.54) is 5.56 Å². The first-order chi connectivity index (χ1) is 14.1. The van der Waals surface area contributed by atoms with Crippen molar-refractivity contribution >= 4 is 34.6 Å². The molecule has 1 aliphatic heterocycles. The summed E-state index contributed by atoms with van der Waals surface area (Å²) in [7, 11) is 0. The SMILES string of the molecule is Cc1ccc(NC(=S)N(Cc2ccccc2)Cc2ccc3c(c2)OCO3)cc1Cl. The monoisotopic (exact) mass is 424 g/mol. The first kappa shape index (κ1) is 19.6. The Hall–Kier alpha value is -2.76. The Morgan fingerprint density at radius 1 is 0.966 bits per heavy atom. The van der Waals surface area contributed by atoms with Gasteiger partial charge >= 0.3 is 0 Å². The second-order valence-electron chi connectivity index (χ2n) is 6.92. The van der Waals surface area contributed by atoms with Crippen LogP contribution in [0.1, 0.15) is 16.7 Å². The Morgan fingerprint density at radius 3 is 2.52 bits per heavy atom. The second kappa shape index (κ2) is 8.72. The number of hydrogen-bond acceptors (Lipinski definition) is 3. The molecule has 0 saturated heterocycles. The van der Waals surface area contributed by atoms with E-state index >= 15 is 0 Å². The number of fused-ring (bicyclic) bond motifs is 1. The summed E-state index contributed by atoms with van der Waals surface area (Å²) in [4.78, 5) is 2.12. The van der Waals surface area contributed by atoms with E-state index in [-0.39, 0.29) is 6.79 Å². The molecule has 3 aromatic rings. The molecule has 1 N–H and O–H groups in total. The van der Waals surface area contributed by atoms with Gasteiger partial charge in [0, 0.05) is 23.8 Å². The fraction of sp³-hybridized carbons (Fsp3) is 0.174. The van der Waals surface area contributed by atoms with E-state index in [2.05, 4.69) is 22.3 Å². The third-order valence-electron chi connectivity index (χ3n) is 4.74. The van der Waals surface area contributed by atoms with Crippen LogP contribution >= 0.6 is 23.8 Å². The summed E-state index contributed by atoms with van der Waals surface area (Å²) in [6, 6.07) is 22.1. The zero-order chi connectivity index (χ0) is 20.2. The molecular weight excluding hydrogens is 404 g/mol. The molecule has 0 amide bonds. The number of nitrogens with zero attached hydrogens (tertiary/aromatic N) is 1. The molecule has 0 radical (unpaired) electrons. The predicted octanol–water partition coefficient (Wildman–Crippen LogP) is 5.78. The molecule has 6 heteroatoms. The van der Waals surface area contributed by atoms with Gasteiger partial charge in [0.2, 0.25) is 6.79 Å². The third-order valence-corrected chi connectivity index (χ3v) is 5.50. The average molecular weight is 425 g/mol. The first-order valence-electron chi connectivity index (χ1n) is 9.33. The van der Waals surface area contributed by atoms with E-state index in [4.69, 9.17) is 33.3 Å². The maximum Gasteiger partial charge on any atom is 0.231 e. The van der Waals surface area contributed by atoms with Crippen LogP contribution in [-0.2, 0) is 13.1 Å². The van der Waals surface area contributed by atoms with Crippen molar-refractivity contribution in [3.63, 3.8) is 0 Å². The molecule has 0 aliphatic carbocycles. The lowest BCUT2D eigenvalue weighted by Crippen LogP contribution is -2.33. The molecule has 148 valence electrons. The zero-order valence-electron chi connectivity index (χ0n) is 16.0. The Kier molecular flexibility index (Phi) is 5.88. The summed E-state index contributed by atoms with van der Waals surface area (Å²) in [5.74, 6) is 1.55. The lowest BCUT2D eigenvalue weighted by Gasteiger charge is -2.26. The summed E-state index contributed by atoms with van der Waals surface area (Å²) in [6.45, 7) is 3.56. The van der Waals surface area contributed by atoms with Crippen LogP contribution in [0.25, 0.3) is 0 Å². The van der Waals surface area contributed by atoms with Crippen LogP contribution in [0.5, 0.6) is 11.5 Å². The highest BCUT2D eigenvalue weighted by molar-refractivity contribution is 7.80. The fourth-order valence-corrected chi connectivity index (χ4v) is 3.56. The lowest BCUT2D eigenvalue weighted by atomic mass is 10.1. The van der Waals surface area contributed by atoms with Crippen molar-refractivity contribution < 1.29 is 9.47 Å². The van der Waals surface area contributed by atoms with Crippen LogP contribution in [0.15, 0.2) is 66.7 Å². The van der Waals surface area contributed by atoms with Gasteiger partial charge in [-0.15, -0.1) is 0 Å². The molecule has 1 heterocycles. The van der Waals surface area contributed by atoms with Crippen LogP contribution in [-0.4, -0.2) is 16.8 Å². The van der Waals surface area contributed by atoms with Crippen molar-refractivity contribution in [3.05, 3.63) is 88.4 Å². The van der Waals surface area contributed by atoms with Gasteiger partial charge < -0.3 is 19.7 Å². The Bertz CT molecular complexity index is 1030. The maximum atomic E-state index is 6.27. The highest BCUT2D eigenvalue weighted by Crippen LogP contribution is 2.33. The number of halogens is 1. The Morgan fingerprint density at radius 2 is 1.72 bits per heavy atom. The molecule has 0 saturated carbocycles. The first-order valence-corrected chi connectivity index (χ1v) is 10.1. The molecule has 0 fully saturated rings. The maximum absolute atomic E-state index is 6.27. The highest BCUT2D eigenvalue weighted by Gasteiger charge is 2.17. The fourth-order valence-electron chi connectivity index (χ4n) is 3.14. The minimum Gasteiger partial charge on any atom is -0.454 e. The number of benzene rings is 3. The second-order valence-corrected chi connectivity index (χ2v) is 7.72. The van der Waals surface area contributed by atoms with E-state index in [0.29, 0.717) is 23.2 Å². The van der Waals surface area contributed by atoms with Crippen molar-refractivity contribution in [1.82, 2.24) is 4.90 Å². The van der Waals surface area contributed by atoms with Crippen molar-refractivity contribution in [2.75, 3.05) is 12.1 Å². The van der Waals surface area contributed by atoms with Gasteiger partial charge in [-0.2, -0.15) is 0 Å². The van der Waals surface area contributed by atoms with Crippen LogP contribution in [0.3, 0.4) is 0 Å². The van der Waals surface area contributed by atoms with Crippen LogP contribution in [0, 0.1) is 6.92 Å². The standard InChI is InChI=1S/C23H21ClN2O2S/c1-16-7-9-19(12-20(16)24)25-23(29)26(13-17-5-3-2-4-6-17)14-18-8-10-21-22(11-18)28-15-27-21/h2-12H,13-15H2,1H3,(H,25,29). The van der Waals surface area contributed by atoms with Crippen LogP contribution in [0.2, 0.25) is 5.02 Å². The normalized spacial score (nSPS) is 11.9. The highest BCUT2D eigenvalue weighted by atomic mass is 35.5. The molecule has 0 unspecified atom stereocenters. The van der Waals surface area contributed by atoms with E-state index in [9.17, 15) is 0 Å². The molecule has 0 spiro atoms. The lowest BCUT2D eigenvalue weighted by molar-refractivity contribution is 0.174. The minimum atomic E-state index is 0.265. The van der Waals surface area contributed by atoms with E-state index < -0.39 is 0 Å². The van der Waals surface area contributed by atoms with Gasteiger partial charge in [-0.25, -0.2) is 0 Å². The zero-order valence-corrected chi connectivity index (χ0v) is 17.6. The predicted molar refractivity (Wildman–Crippen MR) is 121 cm³/mol. The molecule has 0 atom stereocenters. The van der Waals surface area contributed by atoms with E-state index in [1.54, 1.807) is 0 Å². The third kappa shape index (κ3) is 4.81. The van der Waals surface area contributed by atoms with Crippen LogP contribution in [0.4, 0.5) is 5.69 Å². The summed E-state index contributed by atoms with van der Waals surface area (Å²) in [6.07, 6.45) is 0. The molecule has 0 bridgehead atoms. The van der Waals surface area contributed by atoms with E-state index in [1.807, 2.05) is 61.5 Å². The molecule has 4 nitrogen and oxygen atoms in total. The van der Waals surface area contributed by atoms with Gasteiger partial charge in [-0.1, -0.05) is 54.1 Å². The molecule has 0 aromatic heterocycles. The number of rotatable bonds is 5. The number of aryl methyl sites for hydroxylation is 1.